The minimum absolute atomic E-state index is 0.110. The lowest BCUT2D eigenvalue weighted by molar-refractivity contribution is 0.0144. The number of rotatable bonds is 21. The SMILES string of the molecule is O=C(O)c1ccc(F)cc1CCOCCOCCOCCCCCCCCCCCS. The van der Waals surface area contributed by atoms with E-state index in [-0.39, 0.29) is 5.56 Å². The normalized spacial score (nSPS) is 11.2. The van der Waals surface area contributed by atoms with Crippen molar-refractivity contribution < 1.29 is 28.5 Å². The summed E-state index contributed by atoms with van der Waals surface area (Å²) in [6, 6.07) is 3.68. The van der Waals surface area contributed by atoms with Gasteiger partial charge in [0, 0.05) is 6.61 Å². The number of ether oxygens (including phenoxy) is 3. The van der Waals surface area contributed by atoms with Crippen molar-refractivity contribution >= 4 is 18.6 Å². The first-order valence-corrected chi connectivity index (χ1v) is 12.1. The summed E-state index contributed by atoms with van der Waals surface area (Å²) in [7, 11) is 0. The molecule has 0 aromatic heterocycles. The summed E-state index contributed by atoms with van der Waals surface area (Å²) in [4.78, 5) is 11.1. The van der Waals surface area contributed by atoms with Gasteiger partial charge in [-0.2, -0.15) is 12.6 Å². The fourth-order valence-electron chi connectivity index (χ4n) is 3.26. The Labute approximate surface area is 192 Å². The third kappa shape index (κ3) is 15.3. The predicted molar refractivity (Wildman–Crippen MR) is 125 cm³/mol. The summed E-state index contributed by atoms with van der Waals surface area (Å²) in [6.45, 7) is 3.07. The van der Waals surface area contributed by atoms with Crippen molar-refractivity contribution in [3.05, 3.63) is 35.1 Å². The molecule has 1 N–H and O–H groups in total. The monoisotopic (exact) mass is 458 g/mol. The van der Waals surface area contributed by atoms with Crippen LogP contribution in [0.3, 0.4) is 0 Å². The maximum atomic E-state index is 13.3. The van der Waals surface area contributed by atoms with Gasteiger partial charge in [-0.3, -0.25) is 0 Å². The highest BCUT2D eigenvalue weighted by Gasteiger charge is 2.10. The van der Waals surface area contributed by atoms with Crippen LogP contribution in [-0.2, 0) is 20.6 Å². The van der Waals surface area contributed by atoms with Gasteiger partial charge in [0.15, 0.2) is 0 Å². The Kier molecular flexibility index (Phi) is 17.6. The van der Waals surface area contributed by atoms with Gasteiger partial charge < -0.3 is 19.3 Å². The summed E-state index contributed by atoms with van der Waals surface area (Å²) in [5, 5.41) is 9.12. The van der Waals surface area contributed by atoms with Crippen LogP contribution < -0.4 is 0 Å². The second kappa shape index (κ2) is 19.5. The van der Waals surface area contributed by atoms with Crippen LogP contribution in [0.15, 0.2) is 18.2 Å². The molecular formula is C24H39FO5S. The number of carboxylic acid groups (broad SMARTS) is 1. The van der Waals surface area contributed by atoms with E-state index in [1.54, 1.807) is 0 Å². The minimum atomic E-state index is -1.06. The molecule has 1 aromatic rings. The zero-order valence-electron chi connectivity index (χ0n) is 18.7. The van der Waals surface area contributed by atoms with Crippen molar-refractivity contribution in [2.45, 2.75) is 64.2 Å². The molecule has 0 bridgehead atoms. The number of carboxylic acids is 1. The van der Waals surface area contributed by atoms with Gasteiger partial charge in [-0.05, 0) is 48.8 Å². The fraction of sp³-hybridized carbons (Fsp3) is 0.708. The maximum absolute atomic E-state index is 13.3. The molecule has 0 saturated carbocycles. The van der Waals surface area contributed by atoms with Crippen molar-refractivity contribution in [1.82, 2.24) is 0 Å². The smallest absolute Gasteiger partial charge is 0.335 e. The van der Waals surface area contributed by atoms with Crippen LogP contribution in [0.5, 0.6) is 0 Å². The van der Waals surface area contributed by atoms with E-state index in [1.165, 1.54) is 63.5 Å². The maximum Gasteiger partial charge on any atom is 0.335 e. The second-order valence-corrected chi connectivity index (χ2v) is 8.05. The number of carbonyl (C=O) groups is 1. The highest BCUT2D eigenvalue weighted by Crippen LogP contribution is 2.13. The van der Waals surface area contributed by atoms with Crippen LogP contribution in [0.1, 0.15) is 73.7 Å². The molecule has 7 heteroatoms. The van der Waals surface area contributed by atoms with Gasteiger partial charge in [0.2, 0.25) is 0 Å². The zero-order valence-corrected chi connectivity index (χ0v) is 19.6. The van der Waals surface area contributed by atoms with Crippen molar-refractivity contribution in [3.8, 4) is 0 Å². The molecule has 0 heterocycles. The van der Waals surface area contributed by atoms with E-state index in [4.69, 9.17) is 19.3 Å². The van der Waals surface area contributed by atoms with Gasteiger partial charge in [0.1, 0.15) is 5.82 Å². The molecule has 31 heavy (non-hydrogen) atoms. The highest BCUT2D eigenvalue weighted by atomic mass is 32.1. The summed E-state index contributed by atoms with van der Waals surface area (Å²) < 4.78 is 29.8. The summed E-state index contributed by atoms with van der Waals surface area (Å²) in [5.41, 5.74) is 0.546. The first-order chi connectivity index (χ1) is 15.1. The van der Waals surface area contributed by atoms with Crippen LogP contribution in [0.4, 0.5) is 4.39 Å². The van der Waals surface area contributed by atoms with Crippen molar-refractivity contribution in [3.63, 3.8) is 0 Å². The van der Waals surface area contributed by atoms with Gasteiger partial charge in [-0.15, -0.1) is 0 Å². The Morgan fingerprint density at radius 3 is 1.87 bits per heavy atom. The number of hydrogen-bond donors (Lipinski definition) is 2. The van der Waals surface area contributed by atoms with Crippen LogP contribution in [0, 0.1) is 5.82 Å². The molecule has 0 aliphatic rings. The molecular weight excluding hydrogens is 419 g/mol. The van der Waals surface area contributed by atoms with Crippen LogP contribution in [0.2, 0.25) is 0 Å². The van der Waals surface area contributed by atoms with Crippen LogP contribution in [-0.4, -0.2) is 56.5 Å². The molecule has 5 nitrogen and oxygen atoms in total. The molecule has 0 saturated heterocycles. The van der Waals surface area contributed by atoms with Crippen LogP contribution >= 0.6 is 12.6 Å². The van der Waals surface area contributed by atoms with Crippen LogP contribution in [0.25, 0.3) is 0 Å². The largest absolute Gasteiger partial charge is 0.478 e. The summed E-state index contributed by atoms with van der Waals surface area (Å²) >= 11 is 4.23. The third-order valence-electron chi connectivity index (χ3n) is 5.00. The van der Waals surface area contributed by atoms with Gasteiger partial charge in [0.05, 0.1) is 38.6 Å². The molecule has 0 radical (unpaired) electrons. The minimum Gasteiger partial charge on any atom is -0.478 e. The van der Waals surface area contributed by atoms with Crippen molar-refractivity contribution in [2.24, 2.45) is 0 Å². The van der Waals surface area contributed by atoms with Gasteiger partial charge in [0.25, 0.3) is 0 Å². The molecule has 0 aliphatic carbocycles. The molecule has 0 spiro atoms. The van der Waals surface area contributed by atoms with E-state index in [2.05, 4.69) is 12.6 Å². The number of aromatic carboxylic acids is 1. The second-order valence-electron chi connectivity index (χ2n) is 7.60. The Balaban J connectivity index is 1.84. The number of thiol groups is 1. The Bertz CT molecular complexity index is 585. The standard InChI is InChI=1S/C24H39FO5S/c25-22-10-11-23(24(26)27)21(20-22)12-14-29-16-18-30-17-15-28-13-8-6-4-2-1-3-5-7-9-19-31/h10-11,20,31H,1-9,12-19H2,(H,26,27). The first-order valence-electron chi connectivity index (χ1n) is 11.5. The number of benzene rings is 1. The molecule has 0 unspecified atom stereocenters. The summed E-state index contributed by atoms with van der Waals surface area (Å²) in [6.07, 6.45) is 11.9. The number of unbranched alkanes of at least 4 members (excludes halogenated alkanes) is 8. The molecule has 178 valence electrons. The van der Waals surface area contributed by atoms with E-state index < -0.39 is 11.8 Å². The van der Waals surface area contributed by atoms with Gasteiger partial charge in [-0.1, -0.05) is 44.9 Å². The molecule has 0 atom stereocenters. The van der Waals surface area contributed by atoms with E-state index in [0.29, 0.717) is 45.0 Å². The lowest BCUT2D eigenvalue weighted by Gasteiger charge is -2.08. The Hall–Kier alpha value is -1.15. The van der Waals surface area contributed by atoms with E-state index in [9.17, 15) is 9.18 Å². The molecule has 0 amide bonds. The first kappa shape index (κ1) is 27.9. The average Bonchev–Trinajstić information content (AvgIpc) is 2.75. The van der Waals surface area contributed by atoms with Gasteiger partial charge in [-0.25, -0.2) is 9.18 Å². The molecule has 1 aromatic carbocycles. The van der Waals surface area contributed by atoms with E-state index in [0.717, 1.165) is 24.8 Å². The topological polar surface area (TPSA) is 65.0 Å². The van der Waals surface area contributed by atoms with Gasteiger partial charge >= 0.3 is 5.97 Å². The van der Waals surface area contributed by atoms with Crippen molar-refractivity contribution in [1.29, 1.82) is 0 Å². The lowest BCUT2D eigenvalue weighted by atomic mass is 10.0. The average molecular weight is 459 g/mol. The number of hydrogen-bond acceptors (Lipinski definition) is 5. The third-order valence-corrected chi connectivity index (χ3v) is 5.32. The predicted octanol–water partition coefficient (Wildman–Crippen LogP) is 5.56. The zero-order chi connectivity index (χ0) is 22.6. The molecule has 0 aliphatic heterocycles. The van der Waals surface area contributed by atoms with Crippen molar-refractivity contribution in [2.75, 3.05) is 45.4 Å². The molecule has 0 fully saturated rings. The Morgan fingerprint density at radius 2 is 1.29 bits per heavy atom. The highest BCUT2D eigenvalue weighted by molar-refractivity contribution is 7.80. The molecule has 1 rings (SSSR count). The Morgan fingerprint density at radius 1 is 0.774 bits per heavy atom. The quantitative estimate of drug-likeness (QED) is 0.187. The lowest BCUT2D eigenvalue weighted by Crippen LogP contribution is -2.12. The number of halogens is 1. The van der Waals surface area contributed by atoms with E-state index >= 15 is 0 Å². The van der Waals surface area contributed by atoms with E-state index in [1.807, 2.05) is 0 Å². The summed E-state index contributed by atoms with van der Waals surface area (Å²) in [5.74, 6) is -0.499. The fourth-order valence-corrected chi connectivity index (χ4v) is 3.48.